The minimum absolute atomic E-state index is 0.102. The number of carbonyl (C=O) groups is 2. The first-order valence-corrected chi connectivity index (χ1v) is 10.8. The van der Waals surface area contributed by atoms with Crippen molar-refractivity contribution in [3.8, 4) is 0 Å². The third-order valence-electron chi connectivity index (χ3n) is 4.54. The van der Waals surface area contributed by atoms with E-state index >= 15 is 0 Å². The molecular weight excluding hydrogens is 392 g/mol. The van der Waals surface area contributed by atoms with E-state index in [1.807, 2.05) is 18.2 Å². The second-order valence-corrected chi connectivity index (χ2v) is 8.33. The molecule has 0 saturated carbocycles. The van der Waals surface area contributed by atoms with E-state index < -0.39 is 22.1 Å². The molecule has 0 fully saturated rings. The topological polar surface area (TPSA) is 84.0 Å². The molecule has 2 aromatic rings. The number of nitrogens with zero attached hydrogens (tertiary/aromatic N) is 2. The van der Waals surface area contributed by atoms with E-state index in [0.29, 0.717) is 18.8 Å². The summed E-state index contributed by atoms with van der Waals surface area (Å²) in [6.45, 7) is 5.74. The van der Waals surface area contributed by atoms with Gasteiger partial charge in [-0.1, -0.05) is 32.0 Å². The molecule has 0 bridgehead atoms. The van der Waals surface area contributed by atoms with E-state index in [-0.39, 0.29) is 16.4 Å². The van der Waals surface area contributed by atoms with Crippen LogP contribution in [0.15, 0.2) is 59.5 Å². The van der Waals surface area contributed by atoms with Gasteiger partial charge in [-0.15, -0.1) is 0 Å². The van der Waals surface area contributed by atoms with Gasteiger partial charge >= 0.3 is 5.97 Å². The molecule has 0 aliphatic carbocycles. The number of carbonyl (C=O) groups excluding carboxylic acids is 2. The number of hydrogen-bond acceptors (Lipinski definition) is 5. The fourth-order valence-electron chi connectivity index (χ4n) is 2.81. The number of amides is 1. The Hall–Kier alpha value is -2.71. The van der Waals surface area contributed by atoms with Crippen LogP contribution in [-0.4, -0.2) is 50.8 Å². The molecule has 2 rings (SSSR count). The van der Waals surface area contributed by atoms with Gasteiger partial charge in [-0.05, 0) is 43.3 Å². The Morgan fingerprint density at radius 3 is 2.03 bits per heavy atom. The standard InChI is InChI=1S/C21H26N2O5S/c1-5-23(6-2)29(26,27)19-14-12-17(13-15-19)21(25)28-16(3)20(24)22(4)18-10-8-7-9-11-18/h7-16H,5-6H2,1-4H3. The number of benzene rings is 2. The van der Waals surface area contributed by atoms with Crippen molar-refractivity contribution in [1.29, 1.82) is 0 Å². The molecule has 0 aliphatic rings. The number of ether oxygens (including phenoxy) is 1. The Bertz CT molecular complexity index is 939. The van der Waals surface area contributed by atoms with Gasteiger partial charge in [0, 0.05) is 25.8 Å². The maximum Gasteiger partial charge on any atom is 0.338 e. The normalized spacial score (nSPS) is 12.4. The second kappa shape index (κ2) is 9.67. The lowest BCUT2D eigenvalue weighted by Gasteiger charge is -2.21. The van der Waals surface area contributed by atoms with E-state index in [2.05, 4.69) is 0 Å². The lowest BCUT2D eigenvalue weighted by atomic mass is 10.2. The minimum atomic E-state index is -3.60. The lowest BCUT2D eigenvalue weighted by molar-refractivity contribution is -0.126. The van der Waals surface area contributed by atoms with Crippen LogP contribution < -0.4 is 4.90 Å². The van der Waals surface area contributed by atoms with Crippen molar-refractivity contribution in [2.75, 3.05) is 25.0 Å². The molecule has 7 nitrogen and oxygen atoms in total. The highest BCUT2D eigenvalue weighted by atomic mass is 32.2. The van der Waals surface area contributed by atoms with E-state index in [9.17, 15) is 18.0 Å². The van der Waals surface area contributed by atoms with Gasteiger partial charge in [0.15, 0.2) is 6.10 Å². The molecule has 0 heterocycles. The first-order chi connectivity index (χ1) is 13.7. The zero-order valence-corrected chi connectivity index (χ0v) is 17.8. The Morgan fingerprint density at radius 1 is 0.966 bits per heavy atom. The third-order valence-corrected chi connectivity index (χ3v) is 6.60. The number of sulfonamides is 1. The van der Waals surface area contributed by atoms with E-state index in [0.717, 1.165) is 0 Å². The Balaban J connectivity index is 2.08. The monoisotopic (exact) mass is 418 g/mol. The molecule has 0 N–H and O–H groups in total. The number of para-hydroxylation sites is 1. The summed E-state index contributed by atoms with van der Waals surface area (Å²) in [5.41, 5.74) is 0.858. The Morgan fingerprint density at radius 2 is 1.52 bits per heavy atom. The quantitative estimate of drug-likeness (QED) is 0.616. The molecule has 1 amide bonds. The molecule has 0 aromatic heterocycles. The summed E-state index contributed by atoms with van der Waals surface area (Å²) in [5, 5.41) is 0. The van der Waals surface area contributed by atoms with Crippen LogP contribution in [0.25, 0.3) is 0 Å². The number of rotatable bonds is 8. The molecule has 8 heteroatoms. The van der Waals surface area contributed by atoms with Crippen molar-refractivity contribution in [2.24, 2.45) is 0 Å². The van der Waals surface area contributed by atoms with Crippen LogP contribution in [0.1, 0.15) is 31.1 Å². The van der Waals surface area contributed by atoms with Crippen LogP contribution in [0.4, 0.5) is 5.69 Å². The highest BCUT2D eigenvalue weighted by Gasteiger charge is 2.25. The zero-order chi connectivity index (χ0) is 21.6. The van der Waals surface area contributed by atoms with Gasteiger partial charge in [-0.2, -0.15) is 4.31 Å². The summed E-state index contributed by atoms with van der Waals surface area (Å²) in [5.74, 6) is -1.07. The Labute approximate surface area is 171 Å². The molecule has 1 unspecified atom stereocenters. The van der Waals surface area contributed by atoms with Gasteiger partial charge in [0.1, 0.15) is 0 Å². The second-order valence-electron chi connectivity index (χ2n) is 6.39. The van der Waals surface area contributed by atoms with Gasteiger partial charge in [-0.25, -0.2) is 13.2 Å². The van der Waals surface area contributed by atoms with Crippen LogP contribution in [0.2, 0.25) is 0 Å². The molecule has 0 spiro atoms. The summed E-state index contributed by atoms with van der Waals surface area (Å²) in [7, 11) is -2.00. The third kappa shape index (κ3) is 5.21. The number of anilines is 1. The predicted molar refractivity (Wildman–Crippen MR) is 111 cm³/mol. The molecule has 29 heavy (non-hydrogen) atoms. The SMILES string of the molecule is CCN(CC)S(=O)(=O)c1ccc(C(=O)OC(C)C(=O)N(C)c2ccccc2)cc1. The van der Waals surface area contributed by atoms with Gasteiger partial charge in [0.25, 0.3) is 5.91 Å². The predicted octanol–water partition coefficient (Wildman–Crippen LogP) is 2.93. The summed E-state index contributed by atoms with van der Waals surface area (Å²) < 4.78 is 31.6. The summed E-state index contributed by atoms with van der Waals surface area (Å²) in [6, 6.07) is 14.5. The first-order valence-electron chi connectivity index (χ1n) is 9.36. The highest BCUT2D eigenvalue weighted by molar-refractivity contribution is 7.89. The number of hydrogen-bond donors (Lipinski definition) is 0. The van der Waals surface area contributed by atoms with Crippen molar-refractivity contribution < 1.29 is 22.7 Å². The van der Waals surface area contributed by atoms with Crippen LogP contribution in [-0.2, 0) is 19.6 Å². The fraction of sp³-hybridized carbons (Fsp3) is 0.333. The van der Waals surface area contributed by atoms with Crippen molar-refractivity contribution in [2.45, 2.75) is 31.8 Å². The van der Waals surface area contributed by atoms with Gasteiger partial charge in [0.05, 0.1) is 10.5 Å². The van der Waals surface area contributed by atoms with Gasteiger partial charge in [0.2, 0.25) is 10.0 Å². The van der Waals surface area contributed by atoms with E-state index in [4.69, 9.17) is 4.74 Å². The summed E-state index contributed by atoms with van der Waals surface area (Å²) >= 11 is 0. The number of esters is 1. The molecular formula is C21H26N2O5S. The molecule has 1 atom stereocenters. The number of likely N-dealkylation sites (N-methyl/N-ethyl adjacent to an activating group) is 1. The van der Waals surface area contributed by atoms with Crippen LogP contribution in [0.3, 0.4) is 0 Å². The average molecular weight is 419 g/mol. The lowest BCUT2D eigenvalue weighted by Crippen LogP contribution is -2.37. The summed E-state index contributed by atoms with van der Waals surface area (Å²) in [4.78, 5) is 26.4. The van der Waals surface area contributed by atoms with Crippen LogP contribution in [0.5, 0.6) is 0 Å². The Kier molecular flexibility index (Phi) is 7.53. The minimum Gasteiger partial charge on any atom is -0.449 e. The van der Waals surface area contributed by atoms with Crippen LogP contribution >= 0.6 is 0 Å². The maximum absolute atomic E-state index is 12.5. The zero-order valence-electron chi connectivity index (χ0n) is 17.0. The molecule has 0 aliphatic heterocycles. The molecule has 156 valence electrons. The van der Waals surface area contributed by atoms with Crippen molar-refractivity contribution in [1.82, 2.24) is 4.31 Å². The van der Waals surface area contributed by atoms with Gasteiger partial charge < -0.3 is 9.64 Å². The smallest absolute Gasteiger partial charge is 0.338 e. The van der Waals surface area contributed by atoms with Crippen LogP contribution in [0, 0.1) is 0 Å². The maximum atomic E-state index is 12.5. The molecule has 2 aromatic carbocycles. The fourth-order valence-corrected chi connectivity index (χ4v) is 4.26. The van der Waals surface area contributed by atoms with E-state index in [1.165, 1.54) is 40.4 Å². The first kappa shape index (κ1) is 22.6. The van der Waals surface area contributed by atoms with Crippen molar-refractivity contribution in [3.63, 3.8) is 0 Å². The van der Waals surface area contributed by atoms with Crippen molar-refractivity contribution in [3.05, 3.63) is 60.2 Å². The highest BCUT2D eigenvalue weighted by Crippen LogP contribution is 2.18. The molecule has 0 saturated heterocycles. The molecule has 0 radical (unpaired) electrons. The largest absolute Gasteiger partial charge is 0.449 e. The summed E-state index contributed by atoms with van der Waals surface area (Å²) in [6.07, 6.45) is -0.994. The van der Waals surface area contributed by atoms with Gasteiger partial charge in [-0.3, -0.25) is 4.79 Å². The average Bonchev–Trinajstić information content (AvgIpc) is 2.74. The van der Waals surface area contributed by atoms with E-state index in [1.54, 1.807) is 33.0 Å². The van der Waals surface area contributed by atoms with Crippen molar-refractivity contribution >= 4 is 27.6 Å².